The summed E-state index contributed by atoms with van der Waals surface area (Å²) in [5.41, 5.74) is 3.20. The van der Waals surface area contributed by atoms with E-state index >= 15 is 0 Å². The van der Waals surface area contributed by atoms with Crippen molar-refractivity contribution in [2.24, 2.45) is 0 Å². The van der Waals surface area contributed by atoms with Gasteiger partial charge in [-0.2, -0.15) is 0 Å². The maximum Gasteiger partial charge on any atom is 0.265 e. The zero-order valence-electron chi connectivity index (χ0n) is 17.8. The molecule has 2 N–H and O–H groups in total. The molecule has 32 heavy (non-hydrogen) atoms. The van der Waals surface area contributed by atoms with Gasteiger partial charge in [-0.05, 0) is 66.7 Å². The van der Waals surface area contributed by atoms with Crippen molar-refractivity contribution in [3.63, 3.8) is 0 Å². The lowest BCUT2D eigenvalue weighted by atomic mass is 10.1. The van der Waals surface area contributed by atoms with Crippen LogP contribution in [0.25, 0.3) is 0 Å². The first-order valence-electron chi connectivity index (χ1n) is 10.8. The average Bonchev–Trinajstić information content (AvgIpc) is 3.36. The molecule has 1 aliphatic heterocycles. The molecule has 0 atom stereocenters. The summed E-state index contributed by atoms with van der Waals surface area (Å²) in [6, 6.07) is 16.8. The number of piperidine rings is 1. The lowest BCUT2D eigenvalue weighted by Crippen LogP contribution is -2.29. The smallest absolute Gasteiger partial charge is 0.265 e. The number of thiophene rings is 1. The van der Waals surface area contributed by atoms with E-state index in [0.717, 1.165) is 12.1 Å². The van der Waals surface area contributed by atoms with E-state index in [1.165, 1.54) is 49.3 Å². The predicted molar refractivity (Wildman–Crippen MR) is 130 cm³/mol. The van der Waals surface area contributed by atoms with Crippen molar-refractivity contribution in [2.75, 3.05) is 18.4 Å². The van der Waals surface area contributed by atoms with Crippen molar-refractivity contribution in [1.29, 1.82) is 0 Å². The van der Waals surface area contributed by atoms with Gasteiger partial charge >= 0.3 is 0 Å². The zero-order valence-corrected chi connectivity index (χ0v) is 19.3. The minimum Gasteiger partial charge on any atom is -0.348 e. The van der Waals surface area contributed by atoms with Gasteiger partial charge in [-0.25, -0.2) is 0 Å². The second kappa shape index (κ2) is 10.8. The van der Waals surface area contributed by atoms with Crippen LogP contribution in [0.1, 0.15) is 50.4 Å². The van der Waals surface area contributed by atoms with Gasteiger partial charge < -0.3 is 10.6 Å². The minimum atomic E-state index is -0.246. The number of carbonyl (C=O) groups is 2. The average molecular weight is 468 g/mol. The first-order valence-corrected chi connectivity index (χ1v) is 12.1. The van der Waals surface area contributed by atoms with E-state index in [1.807, 2.05) is 11.4 Å². The molecule has 1 aromatic heterocycles. The highest BCUT2D eigenvalue weighted by Gasteiger charge is 2.13. The van der Waals surface area contributed by atoms with Gasteiger partial charge in [-0.15, -0.1) is 11.3 Å². The van der Waals surface area contributed by atoms with E-state index in [2.05, 4.69) is 39.8 Å². The van der Waals surface area contributed by atoms with Crippen LogP contribution in [0.3, 0.4) is 0 Å². The fraction of sp³-hybridized carbons (Fsp3) is 0.280. The van der Waals surface area contributed by atoms with Gasteiger partial charge in [-0.3, -0.25) is 14.5 Å². The van der Waals surface area contributed by atoms with E-state index in [1.54, 1.807) is 24.3 Å². The van der Waals surface area contributed by atoms with E-state index in [0.29, 0.717) is 27.7 Å². The highest BCUT2D eigenvalue weighted by molar-refractivity contribution is 7.12. The molecule has 4 rings (SSSR count). The van der Waals surface area contributed by atoms with Crippen LogP contribution in [0.15, 0.2) is 60.0 Å². The largest absolute Gasteiger partial charge is 0.348 e. The molecule has 1 fully saturated rings. The fourth-order valence-electron chi connectivity index (χ4n) is 3.78. The van der Waals surface area contributed by atoms with Crippen molar-refractivity contribution >= 4 is 40.4 Å². The molecule has 5 nitrogen and oxygen atoms in total. The topological polar surface area (TPSA) is 61.4 Å². The first-order chi connectivity index (χ1) is 15.6. The van der Waals surface area contributed by atoms with Crippen molar-refractivity contribution < 1.29 is 9.59 Å². The molecule has 2 heterocycles. The molecular formula is C25H26ClN3O2S. The summed E-state index contributed by atoms with van der Waals surface area (Å²) >= 11 is 7.56. The van der Waals surface area contributed by atoms with Crippen LogP contribution in [0, 0.1) is 0 Å². The summed E-state index contributed by atoms with van der Waals surface area (Å²) in [5.74, 6) is -0.463. The van der Waals surface area contributed by atoms with Crippen molar-refractivity contribution in [3.05, 3.63) is 86.6 Å². The fourth-order valence-corrected chi connectivity index (χ4v) is 4.56. The predicted octanol–water partition coefficient (Wildman–Crippen LogP) is 5.57. The Hall–Kier alpha value is -2.67. The van der Waals surface area contributed by atoms with Gasteiger partial charge in [0.25, 0.3) is 11.8 Å². The quantitative estimate of drug-likeness (QED) is 0.477. The van der Waals surface area contributed by atoms with Gasteiger partial charge in [0.2, 0.25) is 0 Å². The molecule has 166 valence electrons. The van der Waals surface area contributed by atoms with Crippen LogP contribution in [-0.4, -0.2) is 29.8 Å². The Morgan fingerprint density at radius 3 is 2.41 bits per heavy atom. The molecule has 0 saturated carbocycles. The normalized spacial score (nSPS) is 14.2. The van der Waals surface area contributed by atoms with Crippen LogP contribution >= 0.6 is 22.9 Å². The van der Waals surface area contributed by atoms with E-state index in [-0.39, 0.29) is 11.8 Å². The van der Waals surface area contributed by atoms with Gasteiger partial charge in [0.05, 0.1) is 15.6 Å². The number of amides is 2. The molecule has 0 bridgehead atoms. The van der Waals surface area contributed by atoms with Gasteiger partial charge in [0.1, 0.15) is 0 Å². The molecule has 1 aliphatic rings. The number of nitrogens with zero attached hydrogens (tertiary/aromatic N) is 1. The molecule has 7 heteroatoms. The van der Waals surface area contributed by atoms with E-state index < -0.39 is 0 Å². The van der Waals surface area contributed by atoms with Crippen LogP contribution in [-0.2, 0) is 13.1 Å². The van der Waals surface area contributed by atoms with Crippen LogP contribution in [0.2, 0.25) is 5.02 Å². The summed E-state index contributed by atoms with van der Waals surface area (Å²) < 4.78 is 0. The number of halogens is 1. The summed E-state index contributed by atoms with van der Waals surface area (Å²) in [4.78, 5) is 28.0. The molecule has 3 aromatic rings. The Balaban J connectivity index is 1.33. The molecule has 0 spiro atoms. The Kier molecular flexibility index (Phi) is 7.58. The lowest BCUT2D eigenvalue weighted by molar-refractivity contribution is 0.0949. The van der Waals surface area contributed by atoms with E-state index in [4.69, 9.17) is 11.6 Å². The summed E-state index contributed by atoms with van der Waals surface area (Å²) in [7, 11) is 0. The summed E-state index contributed by atoms with van der Waals surface area (Å²) in [5, 5.41) is 7.94. The number of benzene rings is 2. The van der Waals surface area contributed by atoms with Gasteiger partial charge in [0.15, 0.2) is 0 Å². The van der Waals surface area contributed by atoms with Gasteiger partial charge in [-0.1, -0.05) is 48.4 Å². The molecule has 1 saturated heterocycles. The summed E-state index contributed by atoms with van der Waals surface area (Å²) in [6.07, 6.45) is 3.91. The molecule has 2 aromatic carbocycles. The highest BCUT2D eigenvalue weighted by atomic mass is 35.5. The molecule has 0 radical (unpaired) electrons. The third kappa shape index (κ3) is 5.97. The van der Waals surface area contributed by atoms with Crippen molar-refractivity contribution in [2.45, 2.75) is 32.4 Å². The standard InChI is InChI=1S/C25H26ClN3O2S/c26-21-11-10-20(15-22(21)28-25(31)23-5-4-14-32-23)24(30)27-16-18-6-8-19(9-7-18)17-29-12-2-1-3-13-29/h4-11,14-15H,1-3,12-13,16-17H2,(H,27,30)(H,28,31). The molecular weight excluding hydrogens is 442 g/mol. The summed E-state index contributed by atoms with van der Waals surface area (Å²) in [6.45, 7) is 3.77. The number of carbonyl (C=O) groups excluding carboxylic acids is 2. The van der Waals surface area contributed by atoms with Crippen molar-refractivity contribution in [3.8, 4) is 0 Å². The maximum absolute atomic E-state index is 12.7. The first kappa shape index (κ1) is 22.5. The Bertz CT molecular complexity index is 1060. The molecule has 2 amide bonds. The van der Waals surface area contributed by atoms with Gasteiger partial charge in [0, 0.05) is 18.7 Å². The van der Waals surface area contributed by atoms with E-state index in [9.17, 15) is 9.59 Å². The lowest BCUT2D eigenvalue weighted by Gasteiger charge is -2.26. The second-order valence-electron chi connectivity index (χ2n) is 7.96. The molecule has 0 unspecified atom stereocenters. The zero-order chi connectivity index (χ0) is 22.3. The Labute approximate surface area is 197 Å². The van der Waals surface area contributed by atoms with Crippen LogP contribution < -0.4 is 10.6 Å². The minimum absolute atomic E-state index is 0.217. The van der Waals surface area contributed by atoms with Crippen LogP contribution in [0.5, 0.6) is 0 Å². The number of hydrogen-bond donors (Lipinski definition) is 2. The van der Waals surface area contributed by atoms with Crippen LogP contribution in [0.4, 0.5) is 5.69 Å². The highest BCUT2D eigenvalue weighted by Crippen LogP contribution is 2.24. The SMILES string of the molecule is O=C(NCc1ccc(CN2CCCCC2)cc1)c1ccc(Cl)c(NC(=O)c2cccs2)c1. The van der Waals surface area contributed by atoms with Crippen molar-refractivity contribution in [1.82, 2.24) is 10.2 Å². The Morgan fingerprint density at radius 1 is 0.938 bits per heavy atom. The number of anilines is 1. The number of rotatable bonds is 7. The maximum atomic E-state index is 12.7. The third-order valence-corrected chi connectivity index (χ3v) is 6.75. The number of nitrogens with one attached hydrogen (secondary N) is 2. The third-order valence-electron chi connectivity index (χ3n) is 5.55. The Morgan fingerprint density at radius 2 is 1.69 bits per heavy atom. The molecule has 0 aliphatic carbocycles. The number of hydrogen-bond acceptors (Lipinski definition) is 4. The number of likely N-dealkylation sites (tertiary alicyclic amines) is 1. The monoisotopic (exact) mass is 467 g/mol. The second-order valence-corrected chi connectivity index (χ2v) is 9.32.